The average molecular weight is 195 g/mol. The lowest BCUT2D eigenvalue weighted by molar-refractivity contribution is 0.132. The molecule has 1 atom stereocenters. The van der Waals surface area contributed by atoms with Crippen molar-refractivity contribution in [2.24, 2.45) is 5.73 Å². The van der Waals surface area contributed by atoms with Gasteiger partial charge in [0.05, 0.1) is 12.4 Å². The maximum atomic E-state index is 10.7. The summed E-state index contributed by atoms with van der Waals surface area (Å²) in [6.45, 7) is 2.93. The highest BCUT2D eigenvalue weighted by Crippen LogP contribution is 1.94. The molecule has 0 saturated heterocycles. The molecule has 0 saturated carbocycles. The van der Waals surface area contributed by atoms with Gasteiger partial charge in [0.25, 0.3) is 0 Å². The van der Waals surface area contributed by atoms with Gasteiger partial charge in [0, 0.05) is 18.9 Å². The lowest BCUT2D eigenvalue weighted by atomic mass is 10.3. The molecule has 2 N–H and O–H groups in total. The van der Waals surface area contributed by atoms with Gasteiger partial charge in [0.15, 0.2) is 0 Å². The van der Waals surface area contributed by atoms with Crippen molar-refractivity contribution in [3.8, 4) is 0 Å². The first-order valence-electron chi connectivity index (χ1n) is 3.96. The summed E-state index contributed by atoms with van der Waals surface area (Å²) in [4.78, 5) is 0. The molecule has 0 radical (unpaired) electrons. The lowest BCUT2D eigenvalue weighted by Crippen LogP contribution is -2.28. The molecule has 0 amide bonds. The van der Waals surface area contributed by atoms with Gasteiger partial charge >= 0.3 is 0 Å². The standard InChI is InChI=1S/C7H17NO3S/c1-3-11-6-7(8)4-5-12(2,9)10/h7H,3-6,8H2,1-2H3. The van der Waals surface area contributed by atoms with Crippen LogP contribution in [0.5, 0.6) is 0 Å². The Morgan fingerprint density at radius 1 is 1.50 bits per heavy atom. The molecule has 74 valence electrons. The van der Waals surface area contributed by atoms with Crippen molar-refractivity contribution in [3.05, 3.63) is 0 Å². The Morgan fingerprint density at radius 3 is 2.50 bits per heavy atom. The van der Waals surface area contributed by atoms with Crippen LogP contribution in [0.1, 0.15) is 13.3 Å². The van der Waals surface area contributed by atoms with Crippen LogP contribution in [0.15, 0.2) is 0 Å². The third kappa shape index (κ3) is 7.97. The molecule has 5 heteroatoms. The highest BCUT2D eigenvalue weighted by atomic mass is 32.2. The van der Waals surface area contributed by atoms with E-state index in [2.05, 4.69) is 0 Å². The number of nitrogens with two attached hydrogens (primary N) is 1. The molecule has 0 aliphatic rings. The predicted octanol–water partition coefficient (Wildman–Crippen LogP) is -0.215. The maximum absolute atomic E-state index is 10.7. The van der Waals surface area contributed by atoms with Gasteiger partial charge in [0.1, 0.15) is 9.84 Å². The first-order chi connectivity index (χ1) is 5.45. The van der Waals surface area contributed by atoms with Crippen molar-refractivity contribution in [2.45, 2.75) is 19.4 Å². The van der Waals surface area contributed by atoms with Crippen molar-refractivity contribution < 1.29 is 13.2 Å². The van der Waals surface area contributed by atoms with Gasteiger partial charge in [-0.05, 0) is 13.3 Å². The lowest BCUT2D eigenvalue weighted by Gasteiger charge is -2.09. The summed E-state index contributed by atoms with van der Waals surface area (Å²) in [5.74, 6) is 0.140. The van der Waals surface area contributed by atoms with E-state index in [4.69, 9.17) is 10.5 Å². The minimum absolute atomic E-state index is 0.140. The van der Waals surface area contributed by atoms with E-state index in [9.17, 15) is 8.42 Å². The Bertz CT molecular complexity index is 201. The molecule has 0 fully saturated rings. The van der Waals surface area contributed by atoms with Crippen LogP contribution < -0.4 is 5.73 Å². The Hall–Kier alpha value is -0.130. The second kappa shape index (κ2) is 5.50. The van der Waals surface area contributed by atoms with Crippen molar-refractivity contribution in [2.75, 3.05) is 25.2 Å². The van der Waals surface area contributed by atoms with Crippen LogP contribution in [0.3, 0.4) is 0 Å². The van der Waals surface area contributed by atoms with E-state index in [1.165, 1.54) is 6.26 Å². The first kappa shape index (κ1) is 11.9. The molecule has 12 heavy (non-hydrogen) atoms. The van der Waals surface area contributed by atoms with E-state index in [0.29, 0.717) is 19.6 Å². The Kier molecular flexibility index (Phi) is 5.44. The Labute approximate surface area is 74.0 Å². The number of rotatable bonds is 6. The molecule has 1 unspecified atom stereocenters. The molecule has 0 aromatic carbocycles. The summed E-state index contributed by atoms with van der Waals surface area (Å²) in [5.41, 5.74) is 5.58. The highest BCUT2D eigenvalue weighted by molar-refractivity contribution is 7.90. The summed E-state index contributed by atoms with van der Waals surface area (Å²) < 4.78 is 26.5. The van der Waals surface area contributed by atoms with Gasteiger partial charge < -0.3 is 10.5 Å². The van der Waals surface area contributed by atoms with E-state index < -0.39 is 9.84 Å². The normalized spacial score (nSPS) is 14.6. The molecular formula is C7H17NO3S. The third-order valence-corrected chi connectivity index (χ3v) is 2.37. The summed E-state index contributed by atoms with van der Waals surface area (Å²) >= 11 is 0. The van der Waals surface area contributed by atoms with Crippen LogP contribution in [-0.4, -0.2) is 39.7 Å². The molecule has 0 bridgehead atoms. The molecule has 0 spiro atoms. The van der Waals surface area contributed by atoms with Crippen LogP contribution in [0.4, 0.5) is 0 Å². The van der Waals surface area contributed by atoms with Crippen LogP contribution >= 0.6 is 0 Å². The molecule has 0 heterocycles. The Morgan fingerprint density at radius 2 is 2.08 bits per heavy atom. The fraction of sp³-hybridized carbons (Fsp3) is 1.00. The summed E-state index contributed by atoms with van der Waals surface area (Å²) in [7, 11) is -2.88. The van der Waals surface area contributed by atoms with E-state index in [0.717, 1.165) is 0 Å². The van der Waals surface area contributed by atoms with Gasteiger partial charge in [-0.25, -0.2) is 8.42 Å². The van der Waals surface area contributed by atoms with Crippen molar-refractivity contribution in [3.63, 3.8) is 0 Å². The summed E-state index contributed by atoms with van der Waals surface area (Å²) in [5, 5.41) is 0. The zero-order chi connectivity index (χ0) is 9.61. The van der Waals surface area contributed by atoms with E-state index in [1.807, 2.05) is 6.92 Å². The van der Waals surface area contributed by atoms with Gasteiger partial charge in [-0.15, -0.1) is 0 Å². The fourth-order valence-corrected chi connectivity index (χ4v) is 1.45. The molecule has 0 aromatic rings. The maximum Gasteiger partial charge on any atom is 0.147 e. The number of hydrogen-bond donors (Lipinski definition) is 1. The monoisotopic (exact) mass is 195 g/mol. The number of hydrogen-bond acceptors (Lipinski definition) is 4. The van der Waals surface area contributed by atoms with Gasteiger partial charge in [0.2, 0.25) is 0 Å². The molecule has 0 aliphatic carbocycles. The second-order valence-electron chi connectivity index (χ2n) is 2.84. The van der Waals surface area contributed by atoms with Gasteiger partial charge in [-0.1, -0.05) is 0 Å². The predicted molar refractivity (Wildman–Crippen MR) is 48.8 cm³/mol. The molecule has 0 rings (SSSR count). The zero-order valence-corrected chi connectivity index (χ0v) is 8.43. The topological polar surface area (TPSA) is 69.4 Å². The minimum Gasteiger partial charge on any atom is -0.380 e. The van der Waals surface area contributed by atoms with Crippen molar-refractivity contribution in [1.29, 1.82) is 0 Å². The van der Waals surface area contributed by atoms with Crippen LogP contribution in [0, 0.1) is 0 Å². The Balaban J connectivity index is 3.51. The van der Waals surface area contributed by atoms with Crippen LogP contribution in [0.25, 0.3) is 0 Å². The fourth-order valence-electron chi connectivity index (χ4n) is 0.718. The largest absolute Gasteiger partial charge is 0.380 e. The number of sulfone groups is 1. The first-order valence-corrected chi connectivity index (χ1v) is 6.03. The molecule has 0 aromatic heterocycles. The smallest absolute Gasteiger partial charge is 0.147 e. The quantitative estimate of drug-likeness (QED) is 0.636. The van der Waals surface area contributed by atoms with Crippen molar-refractivity contribution in [1.82, 2.24) is 0 Å². The van der Waals surface area contributed by atoms with Crippen LogP contribution in [-0.2, 0) is 14.6 Å². The van der Waals surface area contributed by atoms with Gasteiger partial charge in [-0.2, -0.15) is 0 Å². The number of ether oxygens (including phenoxy) is 1. The average Bonchev–Trinajstić information content (AvgIpc) is 1.95. The SMILES string of the molecule is CCOCC(N)CCS(C)(=O)=O. The zero-order valence-electron chi connectivity index (χ0n) is 7.62. The third-order valence-electron chi connectivity index (χ3n) is 1.40. The molecular weight excluding hydrogens is 178 g/mol. The van der Waals surface area contributed by atoms with Crippen LogP contribution in [0.2, 0.25) is 0 Å². The highest BCUT2D eigenvalue weighted by Gasteiger charge is 2.07. The molecule has 0 aliphatic heterocycles. The minimum atomic E-state index is -2.88. The van der Waals surface area contributed by atoms with Gasteiger partial charge in [-0.3, -0.25) is 0 Å². The van der Waals surface area contributed by atoms with E-state index in [1.54, 1.807) is 0 Å². The second-order valence-corrected chi connectivity index (χ2v) is 5.10. The molecule has 4 nitrogen and oxygen atoms in total. The van der Waals surface area contributed by atoms with E-state index in [-0.39, 0.29) is 11.8 Å². The van der Waals surface area contributed by atoms with Crippen molar-refractivity contribution >= 4 is 9.84 Å². The van der Waals surface area contributed by atoms with E-state index >= 15 is 0 Å². The summed E-state index contributed by atoms with van der Waals surface area (Å²) in [6, 6.07) is -0.167. The summed E-state index contributed by atoms with van der Waals surface area (Å²) in [6.07, 6.45) is 1.68.